The fourth-order valence-electron chi connectivity index (χ4n) is 5.35. The van der Waals surface area contributed by atoms with Gasteiger partial charge in [-0.25, -0.2) is 4.79 Å². The van der Waals surface area contributed by atoms with Crippen LogP contribution in [0.1, 0.15) is 53.6 Å². The molecule has 2 fully saturated rings. The molecule has 6 nitrogen and oxygen atoms in total. The monoisotopic (exact) mass is 451 g/mol. The van der Waals surface area contributed by atoms with Crippen LogP contribution < -0.4 is 4.74 Å². The van der Waals surface area contributed by atoms with E-state index in [9.17, 15) is 14.7 Å². The first-order valence-corrected chi connectivity index (χ1v) is 11.9. The van der Waals surface area contributed by atoms with Crippen molar-refractivity contribution in [1.29, 1.82) is 0 Å². The molecule has 1 aliphatic heterocycles. The van der Waals surface area contributed by atoms with E-state index in [0.717, 1.165) is 49.0 Å². The molecule has 33 heavy (non-hydrogen) atoms. The molecule has 6 heteroatoms. The molecule has 1 amide bonds. The quantitative estimate of drug-likeness (QED) is 0.708. The normalized spacial score (nSPS) is 20.6. The van der Waals surface area contributed by atoms with Gasteiger partial charge in [0.05, 0.1) is 31.3 Å². The van der Waals surface area contributed by atoms with Crippen molar-refractivity contribution in [2.24, 2.45) is 5.92 Å². The molecule has 1 unspecified atom stereocenters. The molecule has 176 valence electrons. The van der Waals surface area contributed by atoms with Gasteiger partial charge in [0.15, 0.2) is 0 Å². The lowest BCUT2D eigenvalue weighted by atomic mass is 9.68. The fourth-order valence-corrected chi connectivity index (χ4v) is 5.35. The number of benzene rings is 2. The van der Waals surface area contributed by atoms with Crippen molar-refractivity contribution in [3.8, 4) is 5.75 Å². The second-order valence-electron chi connectivity index (χ2n) is 9.27. The molecule has 1 heterocycles. The van der Waals surface area contributed by atoms with E-state index in [4.69, 9.17) is 9.47 Å². The summed E-state index contributed by atoms with van der Waals surface area (Å²) in [5.74, 6) is 0.188. The number of rotatable bonds is 6. The van der Waals surface area contributed by atoms with Gasteiger partial charge in [0, 0.05) is 19.0 Å². The zero-order valence-corrected chi connectivity index (χ0v) is 19.3. The third-order valence-corrected chi connectivity index (χ3v) is 7.08. The molecule has 0 bridgehead atoms. The van der Waals surface area contributed by atoms with E-state index in [2.05, 4.69) is 0 Å². The summed E-state index contributed by atoms with van der Waals surface area (Å²) in [6.07, 6.45) is 5.67. The smallest absolute Gasteiger partial charge is 0.335 e. The van der Waals surface area contributed by atoms with Gasteiger partial charge in [-0.1, -0.05) is 43.5 Å². The summed E-state index contributed by atoms with van der Waals surface area (Å²) in [7, 11) is 1.65. The highest BCUT2D eigenvalue weighted by Gasteiger charge is 2.44. The third-order valence-electron chi connectivity index (χ3n) is 7.08. The lowest BCUT2D eigenvalue weighted by Crippen LogP contribution is -2.50. The predicted molar refractivity (Wildman–Crippen MR) is 126 cm³/mol. The Morgan fingerprint density at radius 3 is 2.58 bits per heavy atom. The second-order valence-corrected chi connectivity index (χ2v) is 9.27. The Kier molecular flexibility index (Phi) is 7.33. The van der Waals surface area contributed by atoms with Gasteiger partial charge < -0.3 is 19.5 Å². The van der Waals surface area contributed by atoms with Crippen molar-refractivity contribution in [2.75, 3.05) is 33.4 Å². The van der Waals surface area contributed by atoms with Gasteiger partial charge >= 0.3 is 5.97 Å². The summed E-state index contributed by atoms with van der Waals surface area (Å²) in [5.41, 5.74) is 1.82. The molecule has 1 aliphatic carbocycles. The summed E-state index contributed by atoms with van der Waals surface area (Å²) >= 11 is 0. The molecule has 2 aromatic carbocycles. The van der Waals surface area contributed by atoms with Gasteiger partial charge in [-0.2, -0.15) is 0 Å². The number of nitrogens with zero attached hydrogens (tertiary/aromatic N) is 1. The number of ether oxygens (including phenoxy) is 2. The standard InChI is InChI=1S/C27H33NO5/c1-32-24-10-8-23(9-11-24)27(12-3-2-4-13-27)26(31)28-14-15-33-19-21(18-28)16-20-6-5-7-22(17-20)25(29)30/h5-11,17,21H,2-4,12-16,18-19H2,1H3,(H,29,30). The lowest BCUT2D eigenvalue weighted by Gasteiger charge is -2.40. The maximum absolute atomic E-state index is 14.1. The number of amides is 1. The highest BCUT2D eigenvalue weighted by Crippen LogP contribution is 2.42. The second kappa shape index (κ2) is 10.4. The topological polar surface area (TPSA) is 76.1 Å². The lowest BCUT2D eigenvalue weighted by molar-refractivity contribution is -0.139. The molecule has 0 aromatic heterocycles. The van der Waals surface area contributed by atoms with Crippen LogP contribution in [0.4, 0.5) is 0 Å². The minimum atomic E-state index is -0.926. The predicted octanol–water partition coefficient (Wildman–Crippen LogP) is 4.31. The first-order valence-electron chi connectivity index (χ1n) is 11.9. The van der Waals surface area contributed by atoms with Crippen LogP contribution in [0.25, 0.3) is 0 Å². The van der Waals surface area contributed by atoms with E-state index in [1.54, 1.807) is 25.3 Å². The van der Waals surface area contributed by atoms with Crippen molar-refractivity contribution in [1.82, 2.24) is 4.90 Å². The zero-order valence-electron chi connectivity index (χ0n) is 19.3. The van der Waals surface area contributed by atoms with Crippen molar-refractivity contribution >= 4 is 11.9 Å². The summed E-state index contributed by atoms with van der Waals surface area (Å²) in [6, 6.07) is 15.0. The first-order chi connectivity index (χ1) is 16.0. The molecule has 0 radical (unpaired) electrons. The molecule has 1 saturated heterocycles. The Morgan fingerprint density at radius 1 is 1.12 bits per heavy atom. The Morgan fingerprint density at radius 2 is 1.88 bits per heavy atom. The SMILES string of the molecule is COc1ccc(C2(C(=O)N3CCOCC(Cc4cccc(C(=O)O)c4)C3)CCCCC2)cc1. The van der Waals surface area contributed by atoms with Crippen molar-refractivity contribution < 1.29 is 24.2 Å². The van der Waals surface area contributed by atoms with Gasteiger partial charge in [-0.05, 0) is 54.7 Å². The minimum absolute atomic E-state index is 0.122. The number of carboxylic acid groups (broad SMARTS) is 1. The van der Waals surface area contributed by atoms with Crippen LogP contribution in [0.5, 0.6) is 5.75 Å². The Labute approximate surface area is 195 Å². The van der Waals surface area contributed by atoms with Gasteiger partial charge in [-0.15, -0.1) is 0 Å². The molecule has 1 atom stereocenters. The van der Waals surface area contributed by atoms with Crippen LogP contribution in [0.3, 0.4) is 0 Å². The van der Waals surface area contributed by atoms with Crippen molar-refractivity contribution in [2.45, 2.75) is 43.9 Å². The highest BCUT2D eigenvalue weighted by atomic mass is 16.5. The largest absolute Gasteiger partial charge is 0.497 e. The zero-order chi connectivity index (χ0) is 23.3. The van der Waals surface area contributed by atoms with E-state index in [1.807, 2.05) is 35.2 Å². The van der Waals surface area contributed by atoms with E-state index in [1.165, 1.54) is 0 Å². The molecule has 1 N–H and O–H groups in total. The van der Waals surface area contributed by atoms with Crippen LogP contribution in [-0.4, -0.2) is 55.3 Å². The Hall–Kier alpha value is -2.86. The third kappa shape index (κ3) is 5.22. The van der Waals surface area contributed by atoms with Gasteiger partial charge in [0.25, 0.3) is 0 Å². The van der Waals surface area contributed by atoms with Crippen molar-refractivity contribution in [3.05, 3.63) is 65.2 Å². The number of hydrogen-bond donors (Lipinski definition) is 1. The summed E-state index contributed by atoms with van der Waals surface area (Å²) < 4.78 is 11.2. The average Bonchev–Trinajstić information content (AvgIpc) is 3.09. The molecule has 1 saturated carbocycles. The molecule has 2 aromatic rings. The summed E-state index contributed by atoms with van der Waals surface area (Å²) in [5, 5.41) is 9.30. The number of carbonyl (C=O) groups is 2. The first kappa shape index (κ1) is 23.3. The summed E-state index contributed by atoms with van der Waals surface area (Å²) in [4.78, 5) is 27.4. The van der Waals surface area contributed by atoms with Gasteiger partial charge in [0.2, 0.25) is 5.91 Å². The van der Waals surface area contributed by atoms with Gasteiger partial charge in [0.1, 0.15) is 5.75 Å². The minimum Gasteiger partial charge on any atom is -0.497 e. The van der Waals surface area contributed by atoms with Crippen LogP contribution in [0.15, 0.2) is 48.5 Å². The van der Waals surface area contributed by atoms with Crippen LogP contribution >= 0.6 is 0 Å². The van der Waals surface area contributed by atoms with Crippen LogP contribution in [0, 0.1) is 5.92 Å². The maximum atomic E-state index is 14.1. The molecule has 2 aliphatic rings. The number of carboxylic acids is 1. The number of hydrogen-bond acceptors (Lipinski definition) is 4. The van der Waals surface area contributed by atoms with E-state index >= 15 is 0 Å². The van der Waals surface area contributed by atoms with Gasteiger partial charge in [-0.3, -0.25) is 4.79 Å². The number of aromatic carboxylic acids is 1. The van der Waals surface area contributed by atoms with E-state index < -0.39 is 11.4 Å². The molecular weight excluding hydrogens is 418 g/mol. The Bertz CT molecular complexity index is 965. The number of methoxy groups -OCH3 is 1. The van der Waals surface area contributed by atoms with E-state index in [0.29, 0.717) is 32.7 Å². The van der Waals surface area contributed by atoms with Crippen molar-refractivity contribution in [3.63, 3.8) is 0 Å². The van der Waals surface area contributed by atoms with E-state index in [-0.39, 0.29) is 17.4 Å². The highest BCUT2D eigenvalue weighted by molar-refractivity contribution is 5.89. The maximum Gasteiger partial charge on any atom is 0.335 e. The summed E-state index contributed by atoms with van der Waals surface area (Å²) in [6.45, 7) is 2.29. The molecule has 0 spiro atoms. The number of carbonyl (C=O) groups excluding carboxylic acids is 1. The fraction of sp³-hybridized carbons (Fsp3) is 0.481. The average molecular weight is 452 g/mol. The van der Waals surface area contributed by atoms with Crippen LogP contribution in [0.2, 0.25) is 0 Å². The molecular formula is C27H33NO5. The van der Waals surface area contributed by atoms with Crippen LogP contribution in [-0.2, 0) is 21.4 Å². The Balaban J connectivity index is 1.55. The molecule has 4 rings (SSSR count).